The second-order valence-corrected chi connectivity index (χ2v) is 4.63. The average molecular weight is 193 g/mol. The van der Waals surface area contributed by atoms with Gasteiger partial charge in [0.05, 0.1) is 6.20 Å². The number of nitrogens with zero attached hydrogens (tertiary/aromatic N) is 2. The molecule has 1 aliphatic carbocycles. The molecule has 0 saturated heterocycles. The molecule has 0 radical (unpaired) electrons. The number of hydrogen-bond acceptors (Lipinski definition) is 2. The van der Waals surface area contributed by atoms with E-state index in [9.17, 15) is 0 Å². The normalized spacial score (nSPS) is 18.9. The molecule has 3 heteroatoms. The molecule has 14 heavy (non-hydrogen) atoms. The molecule has 0 unspecified atom stereocenters. The average Bonchev–Trinajstić information content (AvgIpc) is 2.75. The first kappa shape index (κ1) is 9.71. The van der Waals surface area contributed by atoms with Gasteiger partial charge in [-0.05, 0) is 45.7 Å². The predicted octanol–water partition coefficient (Wildman–Crippen LogP) is 1.76. The van der Waals surface area contributed by atoms with Crippen molar-refractivity contribution < 1.29 is 0 Å². The van der Waals surface area contributed by atoms with Crippen LogP contribution in [-0.4, -0.2) is 22.4 Å². The van der Waals surface area contributed by atoms with Crippen molar-refractivity contribution in [3.8, 4) is 0 Å². The van der Waals surface area contributed by atoms with Crippen molar-refractivity contribution in [3.63, 3.8) is 0 Å². The zero-order chi connectivity index (χ0) is 10.2. The van der Waals surface area contributed by atoms with E-state index < -0.39 is 0 Å². The van der Waals surface area contributed by atoms with Crippen LogP contribution < -0.4 is 5.32 Å². The van der Waals surface area contributed by atoms with Gasteiger partial charge in [-0.15, -0.1) is 0 Å². The Bertz CT molecular complexity index is 310. The van der Waals surface area contributed by atoms with Crippen molar-refractivity contribution >= 4 is 0 Å². The van der Waals surface area contributed by atoms with E-state index in [2.05, 4.69) is 37.5 Å². The lowest BCUT2D eigenvalue weighted by Crippen LogP contribution is -2.29. The van der Waals surface area contributed by atoms with E-state index in [1.807, 2.05) is 10.9 Å². The fourth-order valence-electron chi connectivity index (χ4n) is 1.81. The minimum absolute atomic E-state index is 0.394. The summed E-state index contributed by atoms with van der Waals surface area (Å²) in [6, 6.07) is 0.466. The molecule has 1 aromatic rings. The Labute approximate surface area is 85.5 Å². The van der Waals surface area contributed by atoms with E-state index in [-0.39, 0.29) is 0 Å². The van der Waals surface area contributed by atoms with E-state index in [0.29, 0.717) is 11.6 Å². The lowest BCUT2D eigenvalue weighted by Gasteiger charge is -2.11. The van der Waals surface area contributed by atoms with Gasteiger partial charge in [-0.1, -0.05) is 0 Å². The zero-order valence-electron chi connectivity index (χ0n) is 9.25. The van der Waals surface area contributed by atoms with Crippen LogP contribution in [0, 0.1) is 0 Å². The van der Waals surface area contributed by atoms with Crippen molar-refractivity contribution in [1.29, 1.82) is 0 Å². The van der Waals surface area contributed by atoms with Gasteiger partial charge in [-0.25, -0.2) is 0 Å². The van der Waals surface area contributed by atoms with E-state index >= 15 is 0 Å². The fourth-order valence-corrected chi connectivity index (χ4v) is 1.81. The summed E-state index contributed by atoms with van der Waals surface area (Å²) in [5.74, 6) is 0. The quantitative estimate of drug-likeness (QED) is 0.789. The van der Waals surface area contributed by atoms with Gasteiger partial charge >= 0.3 is 0 Å². The van der Waals surface area contributed by atoms with Crippen LogP contribution in [0.25, 0.3) is 0 Å². The van der Waals surface area contributed by atoms with Crippen LogP contribution in [0.2, 0.25) is 0 Å². The molecular formula is C11H19N3. The third-order valence-electron chi connectivity index (χ3n) is 3.11. The molecule has 3 nitrogen and oxygen atoms in total. The lowest BCUT2D eigenvalue weighted by molar-refractivity contribution is 0.528. The van der Waals surface area contributed by atoms with E-state index in [1.165, 1.54) is 18.4 Å². The summed E-state index contributed by atoms with van der Waals surface area (Å²) in [6.45, 7) is 4.31. The van der Waals surface area contributed by atoms with Gasteiger partial charge in [-0.3, -0.25) is 4.68 Å². The second kappa shape index (κ2) is 3.39. The van der Waals surface area contributed by atoms with Crippen LogP contribution in [0.15, 0.2) is 12.4 Å². The van der Waals surface area contributed by atoms with Gasteiger partial charge < -0.3 is 5.32 Å². The van der Waals surface area contributed by atoms with Gasteiger partial charge in [0.25, 0.3) is 0 Å². The van der Waals surface area contributed by atoms with Crippen molar-refractivity contribution in [1.82, 2.24) is 15.1 Å². The van der Waals surface area contributed by atoms with Gasteiger partial charge in [0.15, 0.2) is 0 Å². The zero-order valence-corrected chi connectivity index (χ0v) is 9.25. The van der Waals surface area contributed by atoms with E-state index in [4.69, 9.17) is 0 Å². The molecule has 1 saturated carbocycles. The van der Waals surface area contributed by atoms with Gasteiger partial charge in [0.1, 0.15) is 0 Å². The largest absolute Gasteiger partial charge is 0.314 e. The highest BCUT2D eigenvalue weighted by Crippen LogP contribution is 2.37. The molecule has 1 fully saturated rings. The van der Waals surface area contributed by atoms with E-state index in [1.54, 1.807) is 0 Å². The summed E-state index contributed by atoms with van der Waals surface area (Å²) in [6.07, 6.45) is 7.89. The highest BCUT2D eigenvalue weighted by atomic mass is 15.3. The van der Waals surface area contributed by atoms with Gasteiger partial charge in [-0.2, -0.15) is 5.10 Å². The number of hydrogen-bond donors (Lipinski definition) is 1. The maximum atomic E-state index is 4.35. The number of aromatic nitrogens is 2. The molecule has 78 valence electrons. The highest BCUT2D eigenvalue weighted by molar-refractivity contribution is 5.15. The molecule has 1 N–H and O–H groups in total. The smallest absolute Gasteiger partial charge is 0.0522 e. The van der Waals surface area contributed by atoms with Crippen LogP contribution in [0.4, 0.5) is 0 Å². The van der Waals surface area contributed by atoms with Crippen molar-refractivity contribution in [2.24, 2.45) is 0 Å². The Morgan fingerprint density at radius 3 is 2.71 bits per heavy atom. The monoisotopic (exact) mass is 193 g/mol. The summed E-state index contributed by atoms with van der Waals surface area (Å²) in [5, 5.41) is 7.75. The topological polar surface area (TPSA) is 29.9 Å². The Balaban J connectivity index is 2.03. The Morgan fingerprint density at radius 1 is 1.57 bits per heavy atom. The van der Waals surface area contributed by atoms with E-state index in [0.717, 1.165) is 6.42 Å². The number of likely N-dealkylation sites (N-methyl/N-ethyl adjacent to an activating group) is 1. The predicted molar refractivity (Wildman–Crippen MR) is 57.3 cm³/mol. The van der Waals surface area contributed by atoms with Crippen LogP contribution in [-0.2, 0) is 6.42 Å². The molecule has 0 aliphatic heterocycles. The number of nitrogens with one attached hydrogen (secondary N) is 1. The third-order valence-corrected chi connectivity index (χ3v) is 3.11. The van der Waals surface area contributed by atoms with Crippen molar-refractivity contribution in [3.05, 3.63) is 18.0 Å². The molecule has 1 aliphatic rings. The SMILES string of the molecule is CNC1(Cc2cnn(C(C)C)c2)CC1. The lowest BCUT2D eigenvalue weighted by atomic mass is 10.1. The van der Waals surface area contributed by atoms with Crippen LogP contribution >= 0.6 is 0 Å². The molecule has 0 aromatic carbocycles. The van der Waals surface area contributed by atoms with Crippen LogP contribution in [0.1, 0.15) is 38.3 Å². The molecule has 0 atom stereocenters. The molecule has 1 heterocycles. The molecule has 0 bridgehead atoms. The minimum Gasteiger partial charge on any atom is -0.314 e. The summed E-state index contributed by atoms with van der Waals surface area (Å²) < 4.78 is 2.03. The van der Waals surface area contributed by atoms with Gasteiger partial charge in [0.2, 0.25) is 0 Å². The summed E-state index contributed by atoms with van der Waals surface area (Å²) in [5.41, 5.74) is 1.75. The fraction of sp³-hybridized carbons (Fsp3) is 0.727. The van der Waals surface area contributed by atoms with Crippen LogP contribution in [0.5, 0.6) is 0 Å². The maximum absolute atomic E-state index is 4.35. The first-order valence-corrected chi connectivity index (χ1v) is 5.37. The molecule has 1 aromatic heterocycles. The van der Waals surface area contributed by atoms with Crippen molar-refractivity contribution in [2.75, 3.05) is 7.05 Å². The van der Waals surface area contributed by atoms with Crippen LogP contribution in [0.3, 0.4) is 0 Å². The molecular weight excluding hydrogens is 174 g/mol. The first-order chi connectivity index (χ1) is 6.65. The first-order valence-electron chi connectivity index (χ1n) is 5.37. The van der Waals surface area contributed by atoms with Gasteiger partial charge in [0, 0.05) is 17.8 Å². The number of rotatable bonds is 4. The summed E-state index contributed by atoms with van der Waals surface area (Å²) in [7, 11) is 2.06. The highest BCUT2D eigenvalue weighted by Gasteiger charge is 2.40. The Kier molecular flexibility index (Phi) is 2.35. The third kappa shape index (κ3) is 1.82. The molecule has 2 rings (SSSR count). The Morgan fingerprint density at radius 2 is 2.29 bits per heavy atom. The Hall–Kier alpha value is -0.830. The second-order valence-electron chi connectivity index (χ2n) is 4.63. The molecule has 0 spiro atoms. The summed E-state index contributed by atoms with van der Waals surface area (Å²) >= 11 is 0. The maximum Gasteiger partial charge on any atom is 0.0522 e. The molecule has 0 amide bonds. The van der Waals surface area contributed by atoms with Crippen molar-refractivity contribution in [2.45, 2.75) is 44.7 Å². The standard InChI is InChI=1S/C11H19N3/c1-9(2)14-8-10(7-13-14)6-11(12-3)4-5-11/h7-9,12H,4-6H2,1-3H3. The summed E-state index contributed by atoms with van der Waals surface area (Å²) in [4.78, 5) is 0. The minimum atomic E-state index is 0.394.